The molecule has 1 rings (SSSR count). The summed E-state index contributed by atoms with van der Waals surface area (Å²) >= 11 is 5.35. The van der Waals surface area contributed by atoms with Gasteiger partial charge >= 0.3 is 0 Å². The Balaban J connectivity index is 0.00000196. The van der Waals surface area contributed by atoms with E-state index in [0.717, 1.165) is 6.07 Å². The number of halogens is 4. The maximum absolute atomic E-state index is 12.9. The van der Waals surface area contributed by atoms with Crippen molar-refractivity contribution in [2.24, 2.45) is 0 Å². The number of anilines is 1. The maximum atomic E-state index is 12.9. The fourth-order valence-electron chi connectivity index (χ4n) is 0.618. The molecule has 0 saturated heterocycles. The molecule has 0 bridgehead atoms. The average Bonchev–Trinajstić information content (AvgIpc) is 1.97. The highest BCUT2D eigenvalue weighted by molar-refractivity contribution is 6.31. The lowest BCUT2D eigenvalue weighted by molar-refractivity contribution is 0.586. The van der Waals surface area contributed by atoms with Gasteiger partial charge in [-0.1, -0.05) is 11.6 Å². The van der Waals surface area contributed by atoms with Crippen LogP contribution in [0, 0.1) is 11.6 Å². The lowest BCUT2D eigenvalue weighted by Crippen LogP contribution is -1.93. The second-order valence-corrected chi connectivity index (χ2v) is 2.28. The molecule has 1 nitrogen and oxygen atoms in total. The van der Waals surface area contributed by atoms with Crippen molar-refractivity contribution in [1.82, 2.24) is 0 Å². The molecule has 1 aromatic rings. The minimum atomic E-state index is -2.54. The van der Waals surface area contributed by atoms with Crippen molar-refractivity contribution in [2.45, 2.75) is 0 Å². The van der Waals surface area contributed by atoms with E-state index in [9.17, 15) is 8.78 Å². The van der Waals surface area contributed by atoms with Crippen LogP contribution in [0.1, 0.15) is 4.11 Å². The molecule has 5 heteroatoms. The second kappa shape index (κ2) is 4.48. The minimum absolute atomic E-state index is 0. The molecule has 0 amide bonds. The summed E-state index contributed by atoms with van der Waals surface area (Å²) < 4.78 is 46.0. The van der Waals surface area contributed by atoms with E-state index in [1.807, 2.05) is 5.32 Å². The molecule has 0 saturated carbocycles. The third kappa shape index (κ3) is 2.22. The summed E-state index contributed by atoms with van der Waals surface area (Å²) in [5, 5.41) is 1.56. The molecule has 0 atom stereocenters. The quantitative estimate of drug-likeness (QED) is 0.712. The Kier molecular flexibility index (Phi) is 2.58. The van der Waals surface area contributed by atoms with E-state index in [4.69, 9.17) is 15.7 Å². The van der Waals surface area contributed by atoms with Gasteiger partial charge in [0.1, 0.15) is 11.6 Å². The van der Waals surface area contributed by atoms with Crippen LogP contribution in [0.2, 0.25) is 5.02 Å². The maximum Gasteiger partial charge on any atom is 0.149 e. The zero-order valence-corrected chi connectivity index (χ0v) is 7.27. The van der Waals surface area contributed by atoms with Crippen molar-refractivity contribution in [2.75, 3.05) is 12.3 Å². The van der Waals surface area contributed by atoms with Crippen LogP contribution in [-0.2, 0) is 0 Å². The van der Waals surface area contributed by atoms with Crippen LogP contribution in [-0.4, -0.2) is 6.98 Å². The van der Waals surface area contributed by atoms with Crippen LogP contribution in [0.15, 0.2) is 12.1 Å². The van der Waals surface area contributed by atoms with Crippen molar-refractivity contribution in [1.29, 1.82) is 0 Å². The number of benzene rings is 1. The Labute approximate surface area is 84.3 Å². The molecule has 0 fully saturated rings. The minimum Gasteiger partial charge on any atom is -0.386 e. The Hall–Kier alpha value is -0.540. The second-order valence-electron chi connectivity index (χ2n) is 1.87. The summed E-state index contributed by atoms with van der Waals surface area (Å²) in [5.74, 6) is -1.93. The highest BCUT2D eigenvalue weighted by atomic mass is 35.5. The predicted molar refractivity (Wildman–Crippen MR) is 48.2 cm³/mol. The SMILES string of the molecule is Cl.[2H]C([2H])([2H])Nc1cc(Cl)c(F)cc1F. The van der Waals surface area contributed by atoms with Gasteiger partial charge in [0.2, 0.25) is 0 Å². The third-order valence-electron chi connectivity index (χ3n) is 1.14. The lowest BCUT2D eigenvalue weighted by atomic mass is 10.3. The Morgan fingerprint density at radius 3 is 2.67 bits per heavy atom. The molecular formula is C7H7Cl2F2N. The molecule has 1 aromatic carbocycles. The smallest absolute Gasteiger partial charge is 0.149 e. The number of hydrogen-bond donors (Lipinski definition) is 1. The summed E-state index contributed by atoms with van der Waals surface area (Å²) in [6.45, 7) is -2.54. The van der Waals surface area contributed by atoms with Gasteiger partial charge in [-0.05, 0) is 6.07 Å². The number of rotatable bonds is 1. The first kappa shape index (κ1) is 6.92. The molecular weight excluding hydrogens is 207 g/mol. The van der Waals surface area contributed by atoms with Gasteiger partial charge in [-0.15, -0.1) is 12.4 Å². The van der Waals surface area contributed by atoms with Gasteiger partial charge in [0.05, 0.1) is 10.7 Å². The summed E-state index contributed by atoms with van der Waals surface area (Å²) in [6.07, 6.45) is 0. The summed E-state index contributed by atoms with van der Waals surface area (Å²) in [5.41, 5.74) is -0.351. The average molecular weight is 217 g/mol. The summed E-state index contributed by atoms with van der Waals surface area (Å²) in [7, 11) is 0. The standard InChI is InChI=1S/C7H6ClF2N.ClH/c1-11-7-2-4(8)5(9)3-6(7)10;/h2-3,11H,1H3;1H/i1D3;. The van der Waals surface area contributed by atoms with Gasteiger partial charge in [0, 0.05) is 17.2 Å². The molecule has 12 heavy (non-hydrogen) atoms. The van der Waals surface area contributed by atoms with E-state index in [1.54, 1.807) is 0 Å². The van der Waals surface area contributed by atoms with E-state index in [-0.39, 0.29) is 23.1 Å². The van der Waals surface area contributed by atoms with Crippen molar-refractivity contribution < 1.29 is 12.9 Å². The van der Waals surface area contributed by atoms with Crippen molar-refractivity contribution in [3.8, 4) is 0 Å². The van der Waals surface area contributed by atoms with Crippen molar-refractivity contribution in [3.05, 3.63) is 28.8 Å². The summed E-state index contributed by atoms with van der Waals surface area (Å²) in [4.78, 5) is 0. The molecule has 0 aliphatic rings. The normalized spacial score (nSPS) is 13.8. The molecule has 0 radical (unpaired) electrons. The first-order chi connectivity index (χ1) is 6.29. The van der Waals surface area contributed by atoms with Gasteiger partial charge in [0.15, 0.2) is 0 Å². The number of nitrogens with one attached hydrogen (secondary N) is 1. The zero-order chi connectivity index (χ0) is 10.9. The van der Waals surface area contributed by atoms with Gasteiger partial charge < -0.3 is 5.32 Å². The molecule has 0 aromatic heterocycles. The van der Waals surface area contributed by atoms with E-state index < -0.39 is 18.6 Å². The molecule has 0 spiro atoms. The molecule has 0 aliphatic carbocycles. The van der Waals surface area contributed by atoms with Gasteiger partial charge in [-0.25, -0.2) is 8.78 Å². The highest BCUT2D eigenvalue weighted by Crippen LogP contribution is 2.22. The van der Waals surface area contributed by atoms with Crippen molar-refractivity contribution >= 4 is 29.7 Å². The topological polar surface area (TPSA) is 12.0 Å². The van der Waals surface area contributed by atoms with Crippen LogP contribution in [0.4, 0.5) is 14.5 Å². The largest absolute Gasteiger partial charge is 0.386 e. The Bertz CT molecular complexity index is 357. The number of hydrogen-bond acceptors (Lipinski definition) is 1. The summed E-state index contributed by atoms with van der Waals surface area (Å²) in [6, 6.07) is 1.41. The zero-order valence-electron chi connectivity index (χ0n) is 8.70. The van der Waals surface area contributed by atoms with E-state index >= 15 is 0 Å². The molecule has 1 N–H and O–H groups in total. The first-order valence-corrected chi connectivity index (χ1v) is 3.10. The fourth-order valence-corrected chi connectivity index (χ4v) is 0.782. The first-order valence-electron chi connectivity index (χ1n) is 4.22. The van der Waals surface area contributed by atoms with Crippen LogP contribution in [0.5, 0.6) is 0 Å². The van der Waals surface area contributed by atoms with E-state index in [2.05, 4.69) is 0 Å². The van der Waals surface area contributed by atoms with Crippen LogP contribution >= 0.6 is 24.0 Å². The monoisotopic (exact) mass is 216 g/mol. The van der Waals surface area contributed by atoms with Crippen LogP contribution < -0.4 is 5.32 Å². The van der Waals surface area contributed by atoms with Crippen LogP contribution in [0.25, 0.3) is 0 Å². The molecule has 0 unspecified atom stereocenters. The third-order valence-corrected chi connectivity index (χ3v) is 1.43. The fraction of sp³-hybridized carbons (Fsp3) is 0.143. The lowest BCUT2D eigenvalue weighted by Gasteiger charge is -2.02. The molecule has 0 heterocycles. The van der Waals surface area contributed by atoms with Gasteiger partial charge in [-0.2, -0.15) is 0 Å². The van der Waals surface area contributed by atoms with Crippen LogP contribution in [0.3, 0.4) is 0 Å². The Morgan fingerprint density at radius 2 is 2.08 bits per heavy atom. The predicted octanol–water partition coefficient (Wildman–Crippen LogP) is 3.08. The van der Waals surface area contributed by atoms with Crippen molar-refractivity contribution in [3.63, 3.8) is 0 Å². The van der Waals surface area contributed by atoms with E-state index in [0.29, 0.717) is 6.07 Å². The highest BCUT2D eigenvalue weighted by Gasteiger charge is 2.05. The van der Waals surface area contributed by atoms with Gasteiger partial charge in [0.25, 0.3) is 0 Å². The molecule has 68 valence electrons. The Morgan fingerprint density at radius 1 is 1.42 bits per heavy atom. The molecule has 0 aliphatic heterocycles. The van der Waals surface area contributed by atoms with E-state index in [1.165, 1.54) is 0 Å². The van der Waals surface area contributed by atoms with Gasteiger partial charge in [-0.3, -0.25) is 0 Å².